The standard InChI is InChI=1S/C10H21NO2/c1-8(2)11-7-10(12)5-6-13-9(10,3)4/h8,11-12H,5-7H2,1-4H3. The second-order valence-corrected chi connectivity index (χ2v) is 4.68. The van der Waals surface area contributed by atoms with Crippen molar-refractivity contribution in [3.05, 3.63) is 0 Å². The minimum Gasteiger partial charge on any atom is -0.385 e. The van der Waals surface area contributed by atoms with Gasteiger partial charge >= 0.3 is 0 Å². The van der Waals surface area contributed by atoms with E-state index in [1.807, 2.05) is 13.8 Å². The fourth-order valence-corrected chi connectivity index (χ4v) is 1.58. The molecule has 2 N–H and O–H groups in total. The number of rotatable bonds is 3. The van der Waals surface area contributed by atoms with Crippen molar-refractivity contribution in [2.24, 2.45) is 0 Å². The molecule has 1 heterocycles. The van der Waals surface area contributed by atoms with Crippen LogP contribution >= 0.6 is 0 Å². The van der Waals surface area contributed by atoms with E-state index >= 15 is 0 Å². The summed E-state index contributed by atoms with van der Waals surface area (Å²) in [5, 5.41) is 13.5. The maximum atomic E-state index is 10.3. The lowest BCUT2D eigenvalue weighted by atomic mass is 9.85. The maximum absolute atomic E-state index is 10.3. The van der Waals surface area contributed by atoms with Crippen LogP contribution in [0.5, 0.6) is 0 Å². The van der Waals surface area contributed by atoms with E-state index in [1.54, 1.807) is 0 Å². The molecule has 0 amide bonds. The fraction of sp³-hybridized carbons (Fsp3) is 1.00. The second-order valence-electron chi connectivity index (χ2n) is 4.68. The highest BCUT2D eigenvalue weighted by molar-refractivity contribution is 5.01. The van der Waals surface area contributed by atoms with Crippen molar-refractivity contribution < 1.29 is 9.84 Å². The Bertz CT molecular complexity index is 180. The summed E-state index contributed by atoms with van der Waals surface area (Å²) in [6.07, 6.45) is 0.722. The molecule has 1 fully saturated rings. The number of nitrogens with one attached hydrogen (secondary N) is 1. The van der Waals surface area contributed by atoms with Crippen molar-refractivity contribution in [2.45, 2.75) is 51.4 Å². The smallest absolute Gasteiger partial charge is 0.108 e. The average Bonchev–Trinajstić information content (AvgIpc) is 2.24. The first-order valence-electron chi connectivity index (χ1n) is 4.97. The molecule has 78 valence electrons. The predicted octanol–water partition coefficient (Wildman–Crippen LogP) is 0.914. The zero-order valence-corrected chi connectivity index (χ0v) is 9.05. The Labute approximate surface area is 80.5 Å². The van der Waals surface area contributed by atoms with Gasteiger partial charge in [-0.15, -0.1) is 0 Å². The van der Waals surface area contributed by atoms with Crippen LogP contribution in [0.2, 0.25) is 0 Å². The van der Waals surface area contributed by atoms with Crippen LogP contribution in [0.1, 0.15) is 34.1 Å². The highest BCUT2D eigenvalue weighted by atomic mass is 16.5. The summed E-state index contributed by atoms with van der Waals surface area (Å²) in [5.74, 6) is 0. The molecule has 0 saturated carbocycles. The van der Waals surface area contributed by atoms with Crippen LogP contribution < -0.4 is 5.32 Å². The van der Waals surface area contributed by atoms with Gasteiger partial charge in [0.05, 0.1) is 12.2 Å². The first-order chi connectivity index (χ1) is 5.87. The van der Waals surface area contributed by atoms with E-state index in [-0.39, 0.29) is 0 Å². The molecule has 0 spiro atoms. The van der Waals surface area contributed by atoms with Gasteiger partial charge in [-0.05, 0) is 13.8 Å². The number of hydrogen-bond donors (Lipinski definition) is 2. The number of hydrogen-bond acceptors (Lipinski definition) is 3. The van der Waals surface area contributed by atoms with Crippen LogP contribution in [0.3, 0.4) is 0 Å². The molecule has 0 aliphatic carbocycles. The van der Waals surface area contributed by atoms with Crippen LogP contribution in [0.4, 0.5) is 0 Å². The molecule has 13 heavy (non-hydrogen) atoms. The summed E-state index contributed by atoms with van der Waals surface area (Å²) in [6, 6.07) is 0.403. The van der Waals surface area contributed by atoms with Gasteiger partial charge in [-0.3, -0.25) is 0 Å². The fourth-order valence-electron chi connectivity index (χ4n) is 1.58. The molecule has 1 rings (SSSR count). The zero-order valence-electron chi connectivity index (χ0n) is 9.05. The van der Waals surface area contributed by atoms with Crippen LogP contribution in [-0.4, -0.2) is 35.5 Å². The van der Waals surface area contributed by atoms with Crippen molar-refractivity contribution in [3.8, 4) is 0 Å². The molecule has 0 aromatic carbocycles. The molecule has 3 nitrogen and oxygen atoms in total. The van der Waals surface area contributed by atoms with Gasteiger partial charge in [0.2, 0.25) is 0 Å². The van der Waals surface area contributed by atoms with E-state index in [4.69, 9.17) is 4.74 Å². The van der Waals surface area contributed by atoms with Gasteiger partial charge in [-0.1, -0.05) is 13.8 Å². The van der Waals surface area contributed by atoms with E-state index in [9.17, 15) is 5.11 Å². The lowest BCUT2D eigenvalue weighted by Crippen LogP contribution is -2.54. The van der Waals surface area contributed by atoms with E-state index in [0.717, 1.165) is 6.42 Å². The molecule has 0 aromatic rings. The number of ether oxygens (including phenoxy) is 1. The SMILES string of the molecule is CC(C)NCC1(O)CCOC1(C)C. The quantitative estimate of drug-likeness (QED) is 0.690. The van der Waals surface area contributed by atoms with Crippen molar-refractivity contribution >= 4 is 0 Å². The van der Waals surface area contributed by atoms with Gasteiger partial charge in [-0.25, -0.2) is 0 Å². The van der Waals surface area contributed by atoms with Gasteiger partial charge in [0.25, 0.3) is 0 Å². The Morgan fingerprint density at radius 2 is 2.08 bits per heavy atom. The van der Waals surface area contributed by atoms with Gasteiger partial charge in [0.15, 0.2) is 0 Å². The van der Waals surface area contributed by atoms with Crippen molar-refractivity contribution in [1.29, 1.82) is 0 Å². The summed E-state index contributed by atoms with van der Waals surface area (Å²) < 4.78 is 5.50. The summed E-state index contributed by atoms with van der Waals surface area (Å²) in [4.78, 5) is 0. The van der Waals surface area contributed by atoms with Crippen molar-refractivity contribution in [3.63, 3.8) is 0 Å². The Morgan fingerprint density at radius 1 is 1.46 bits per heavy atom. The van der Waals surface area contributed by atoms with E-state index in [0.29, 0.717) is 19.2 Å². The van der Waals surface area contributed by atoms with Crippen LogP contribution in [-0.2, 0) is 4.74 Å². The van der Waals surface area contributed by atoms with E-state index in [1.165, 1.54) is 0 Å². The van der Waals surface area contributed by atoms with Crippen LogP contribution in [0.15, 0.2) is 0 Å². The molecule has 0 bridgehead atoms. The van der Waals surface area contributed by atoms with Gasteiger partial charge in [0, 0.05) is 19.0 Å². The third-order valence-electron chi connectivity index (χ3n) is 2.90. The first kappa shape index (κ1) is 11.0. The molecule has 1 saturated heterocycles. The molecule has 1 aliphatic rings. The van der Waals surface area contributed by atoms with Crippen molar-refractivity contribution in [1.82, 2.24) is 5.32 Å². The molecule has 3 heteroatoms. The summed E-state index contributed by atoms with van der Waals surface area (Å²) in [5.41, 5.74) is -1.13. The number of aliphatic hydroxyl groups is 1. The minimum atomic E-state index is -0.711. The average molecular weight is 187 g/mol. The Kier molecular flexibility index (Phi) is 3.00. The molecule has 1 unspecified atom stereocenters. The van der Waals surface area contributed by atoms with E-state index < -0.39 is 11.2 Å². The zero-order chi connectivity index (χ0) is 10.1. The lowest BCUT2D eigenvalue weighted by Gasteiger charge is -2.35. The Balaban J connectivity index is 2.54. The summed E-state index contributed by atoms with van der Waals surface area (Å²) in [7, 11) is 0. The van der Waals surface area contributed by atoms with Crippen molar-refractivity contribution in [2.75, 3.05) is 13.2 Å². The van der Waals surface area contributed by atoms with E-state index in [2.05, 4.69) is 19.2 Å². The van der Waals surface area contributed by atoms with Gasteiger partial charge in [0.1, 0.15) is 5.60 Å². The lowest BCUT2D eigenvalue weighted by molar-refractivity contribution is -0.0959. The third kappa shape index (κ3) is 2.22. The largest absolute Gasteiger partial charge is 0.385 e. The molecule has 0 radical (unpaired) electrons. The van der Waals surface area contributed by atoms with Gasteiger partial charge < -0.3 is 15.2 Å². The third-order valence-corrected chi connectivity index (χ3v) is 2.90. The summed E-state index contributed by atoms with van der Waals surface area (Å²) >= 11 is 0. The highest BCUT2D eigenvalue weighted by Crippen LogP contribution is 2.34. The monoisotopic (exact) mass is 187 g/mol. The predicted molar refractivity (Wildman–Crippen MR) is 52.7 cm³/mol. The molecule has 1 atom stereocenters. The maximum Gasteiger partial charge on any atom is 0.108 e. The second kappa shape index (κ2) is 3.56. The summed E-state index contributed by atoms with van der Waals surface area (Å²) in [6.45, 7) is 9.31. The molecular formula is C10H21NO2. The first-order valence-corrected chi connectivity index (χ1v) is 4.97. The van der Waals surface area contributed by atoms with Gasteiger partial charge in [-0.2, -0.15) is 0 Å². The molecular weight excluding hydrogens is 166 g/mol. The molecule has 1 aliphatic heterocycles. The topological polar surface area (TPSA) is 41.5 Å². The minimum absolute atomic E-state index is 0.403. The normalized spacial score (nSPS) is 32.8. The highest BCUT2D eigenvalue weighted by Gasteiger charge is 2.48. The molecule has 0 aromatic heterocycles. The Morgan fingerprint density at radius 3 is 2.46 bits per heavy atom. The van der Waals surface area contributed by atoms with Crippen LogP contribution in [0.25, 0.3) is 0 Å². The Hall–Kier alpha value is -0.120. The van der Waals surface area contributed by atoms with Crippen LogP contribution in [0, 0.1) is 0 Å².